The van der Waals surface area contributed by atoms with E-state index in [2.05, 4.69) is 5.32 Å². The number of nitro benzene ring substituents is 1. The maximum Gasteiger partial charge on any atom is 0.269 e. The fourth-order valence-corrected chi connectivity index (χ4v) is 2.12. The molecule has 0 bridgehead atoms. The predicted octanol–water partition coefficient (Wildman–Crippen LogP) is 2.84. The van der Waals surface area contributed by atoms with E-state index in [1.54, 1.807) is 12.1 Å². The summed E-state index contributed by atoms with van der Waals surface area (Å²) in [6.07, 6.45) is 0.805. The third kappa shape index (κ3) is 5.11. The highest BCUT2D eigenvalue weighted by atomic mass is 35.5. The van der Waals surface area contributed by atoms with Crippen LogP contribution in [0.15, 0.2) is 48.5 Å². The van der Waals surface area contributed by atoms with Crippen molar-refractivity contribution in [2.24, 2.45) is 0 Å². The molecule has 6 heteroatoms. The van der Waals surface area contributed by atoms with E-state index in [0.29, 0.717) is 6.54 Å². The van der Waals surface area contributed by atoms with Gasteiger partial charge in [-0.15, -0.1) is 12.4 Å². The van der Waals surface area contributed by atoms with Crippen LogP contribution in [-0.2, 0) is 19.6 Å². The van der Waals surface area contributed by atoms with E-state index in [0.717, 1.165) is 29.7 Å². The third-order valence-corrected chi connectivity index (χ3v) is 3.34. The van der Waals surface area contributed by atoms with Crippen LogP contribution in [0.3, 0.4) is 0 Å². The molecule has 22 heavy (non-hydrogen) atoms. The van der Waals surface area contributed by atoms with Crippen molar-refractivity contribution in [3.8, 4) is 0 Å². The van der Waals surface area contributed by atoms with Gasteiger partial charge in [0.25, 0.3) is 5.69 Å². The van der Waals surface area contributed by atoms with Crippen LogP contribution >= 0.6 is 12.4 Å². The molecular formula is C16H19ClN2O3. The molecule has 5 nitrogen and oxygen atoms in total. The van der Waals surface area contributed by atoms with Gasteiger partial charge in [0.15, 0.2) is 0 Å². The molecule has 0 amide bonds. The molecular weight excluding hydrogens is 304 g/mol. The molecule has 0 aliphatic carbocycles. The minimum absolute atomic E-state index is 0. The average molecular weight is 323 g/mol. The van der Waals surface area contributed by atoms with Crippen molar-refractivity contribution in [3.05, 3.63) is 75.3 Å². The summed E-state index contributed by atoms with van der Waals surface area (Å²) in [5.74, 6) is 0. The summed E-state index contributed by atoms with van der Waals surface area (Å²) in [7, 11) is 0. The van der Waals surface area contributed by atoms with E-state index in [-0.39, 0.29) is 24.7 Å². The van der Waals surface area contributed by atoms with Crippen LogP contribution < -0.4 is 5.32 Å². The van der Waals surface area contributed by atoms with Crippen molar-refractivity contribution in [3.63, 3.8) is 0 Å². The molecule has 0 saturated heterocycles. The molecule has 2 N–H and O–H groups in total. The summed E-state index contributed by atoms with van der Waals surface area (Å²) in [5.41, 5.74) is 3.19. The molecule has 2 rings (SSSR count). The predicted molar refractivity (Wildman–Crippen MR) is 88.1 cm³/mol. The zero-order chi connectivity index (χ0) is 15.1. The molecule has 2 aromatic carbocycles. The molecule has 2 aromatic rings. The standard InChI is InChI=1S/C16H18N2O3.ClH/c19-12-15-4-2-1-3-14(15)11-17-10-9-13-5-7-16(8-6-13)18(20)21;/h1-8,17,19H,9-12H2;1H. The number of halogens is 1. The summed E-state index contributed by atoms with van der Waals surface area (Å²) in [4.78, 5) is 10.2. The minimum Gasteiger partial charge on any atom is -0.392 e. The number of aliphatic hydroxyl groups is 1. The number of rotatable bonds is 7. The van der Waals surface area contributed by atoms with Gasteiger partial charge in [0.1, 0.15) is 0 Å². The molecule has 0 fully saturated rings. The van der Waals surface area contributed by atoms with Crippen LogP contribution in [0.25, 0.3) is 0 Å². The second kappa shape index (κ2) is 9.15. The lowest BCUT2D eigenvalue weighted by atomic mass is 10.1. The molecule has 0 spiro atoms. The Hall–Kier alpha value is -1.95. The van der Waals surface area contributed by atoms with Gasteiger partial charge in [-0.25, -0.2) is 0 Å². The van der Waals surface area contributed by atoms with E-state index in [1.807, 2.05) is 24.3 Å². The summed E-state index contributed by atoms with van der Waals surface area (Å²) in [5, 5.41) is 23.1. The zero-order valence-electron chi connectivity index (χ0n) is 12.1. The summed E-state index contributed by atoms with van der Waals surface area (Å²) >= 11 is 0. The molecule has 0 atom stereocenters. The Bertz CT molecular complexity index is 603. The van der Waals surface area contributed by atoms with Crippen LogP contribution in [0.4, 0.5) is 5.69 Å². The Balaban J connectivity index is 0.00000242. The summed E-state index contributed by atoms with van der Waals surface area (Å²) in [6.45, 7) is 1.52. The first kappa shape index (κ1) is 18.1. The Morgan fingerprint density at radius 1 is 1.05 bits per heavy atom. The number of hydrogen-bond acceptors (Lipinski definition) is 4. The first-order valence-electron chi connectivity index (χ1n) is 6.82. The van der Waals surface area contributed by atoms with Crippen molar-refractivity contribution in [1.29, 1.82) is 0 Å². The van der Waals surface area contributed by atoms with E-state index >= 15 is 0 Å². The van der Waals surface area contributed by atoms with Crippen molar-refractivity contribution in [2.75, 3.05) is 6.54 Å². The first-order chi connectivity index (χ1) is 10.2. The second-order valence-electron chi connectivity index (χ2n) is 4.78. The van der Waals surface area contributed by atoms with E-state index < -0.39 is 4.92 Å². The van der Waals surface area contributed by atoms with Crippen LogP contribution in [0.1, 0.15) is 16.7 Å². The number of non-ortho nitro benzene ring substituents is 1. The Labute approximate surface area is 135 Å². The SMILES string of the molecule is Cl.O=[N+]([O-])c1ccc(CCNCc2ccccc2CO)cc1. The number of nitro groups is 1. The maximum absolute atomic E-state index is 10.6. The van der Waals surface area contributed by atoms with E-state index in [4.69, 9.17) is 0 Å². The van der Waals surface area contributed by atoms with Crippen molar-refractivity contribution >= 4 is 18.1 Å². The minimum atomic E-state index is -0.395. The fraction of sp³-hybridized carbons (Fsp3) is 0.250. The molecule has 0 radical (unpaired) electrons. The maximum atomic E-state index is 10.6. The van der Waals surface area contributed by atoms with Gasteiger partial charge in [-0.1, -0.05) is 36.4 Å². The molecule has 0 heterocycles. The molecule has 0 aliphatic rings. The highest BCUT2D eigenvalue weighted by molar-refractivity contribution is 5.85. The number of nitrogens with one attached hydrogen (secondary N) is 1. The molecule has 0 unspecified atom stereocenters. The van der Waals surface area contributed by atoms with Gasteiger partial charge >= 0.3 is 0 Å². The topological polar surface area (TPSA) is 75.4 Å². The van der Waals surface area contributed by atoms with Gasteiger partial charge in [0, 0.05) is 18.7 Å². The highest BCUT2D eigenvalue weighted by Crippen LogP contribution is 2.12. The van der Waals surface area contributed by atoms with E-state index in [1.165, 1.54) is 12.1 Å². The molecule has 0 aromatic heterocycles. The van der Waals surface area contributed by atoms with Gasteiger partial charge < -0.3 is 10.4 Å². The van der Waals surface area contributed by atoms with Crippen molar-refractivity contribution in [2.45, 2.75) is 19.6 Å². The van der Waals surface area contributed by atoms with Crippen LogP contribution in [-0.4, -0.2) is 16.6 Å². The summed E-state index contributed by atoms with van der Waals surface area (Å²) in [6, 6.07) is 14.4. The Kier molecular flexibility index (Phi) is 7.52. The molecule has 0 saturated carbocycles. The van der Waals surface area contributed by atoms with Crippen molar-refractivity contribution in [1.82, 2.24) is 5.32 Å². The lowest BCUT2D eigenvalue weighted by Gasteiger charge is -2.08. The van der Waals surface area contributed by atoms with Gasteiger partial charge in [0.05, 0.1) is 11.5 Å². The lowest BCUT2D eigenvalue weighted by molar-refractivity contribution is -0.384. The Morgan fingerprint density at radius 3 is 2.27 bits per heavy atom. The second-order valence-corrected chi connectivity index (χ2v) is 4.78. The summed E-state index contributed by atoms with van der Waals surface area (Å²) < 4.78 is 0. The first-order valence-corrected chi connectivity index (χ1v) is 6.82. The molecule has 118 valence electrons. The lowest BCUT2D eigenvalue weighted by Crippen LogP contribution is -2.17. The van der Waals surface area contributed by atoms with Gasteiger partial charge in [-0.2, -0.15) is 0 Å². The van der Waals surface area contributed by atoms with Crippen molar-refractivity contribution < 1.29 is 10.0 Å². The number of nitrogens with zero attached hydrogens (tertiary/aromatic N) is 1. The van der Waals surface area contributed by atoms with Crippen LogP contribution in [0, 0.1) is 10.1 Å². The largest absolute Gasteiger partial charge is 0.392 e. The van der Waals surface area contributed by atoms with Gasteiger partial charge in [-0.3, -0.25) is 10.1 Å². The monoisotopic (exact) mass is 322 g/mol. The van der Waals surface area contributed by atoms with E-state index in [9.17, 15) is 15.2 Å². The van der Waals surface area contributed by atoms with Gasteiger partial charge in [-0.05, 0) is 29.7 Å². The fourth-order valence-electron chi connectivity index (χ4n) is 2.12. The van der Waals surface area contributed by atoms with Crippen LogP contribution in [0.2, 0.25) is 0 Å². The number of benzene rings is 2. The third-order valence-electron chi connectivity index (χ3n) is 3.34. The quantitative estimate of drug-likeness (QED) is 0.467. The normalized spacial score (nSPS) is 10.0. The smallest absolute Gasteiger partial charge is 0.269 e. The highest BCUT2D eigenvalue weighted by Gasteiger charge is 2.04. The zero-order valence-corrected chi connectivity index (χ0v) is 12.9. The van der Waals surface area contributed by atoms with Crippen LogP contribution in [0.5, 0.6) is 0 Å². The number of aliphatic hydroxyl groups excluding tert-OH is 1. The molecule has 0 aliphatic heterocycles. The average Bonchev–Trinajstić information content (AvgIpc) is 2.52. The Morgan fingerprint density at radius 2 is 1.68 bits per heavy atom. The number of hydrogen-bond donors (Lipinski definition) is 2. The van der Waals surface area contributed by atoms with Gasteiger partial charge in [0.2, 0.25) is 0 Å².